The standard InChI is InChI=1S/C15H14N4O.C9H14N5O4P.C8H11N3O3S/c1-9-6-8-17-14-12(9)18-15(20)11-3-2-7-16-13(11)19(14)10-4-5-10;1-6(18-5-19(15,16)17)2-14-4-13-7-8(10)11-3-12-9(7)14;9-5-1-2-11(8(13)10-5)6-4-15-7(3-12)14-6/h2-3,6-8,10H,4-5H2,1H3,(H,18,20);3-4,6H,2,5H2,1H3,(H2,10,11,12)(H2,15,16,17);1-2,6-7,12H,3-4H2,(H2,9,10,13)/t;6-;6-,7+/m.10/s1. The van der Waals surface area contributed by atoms with Crippen LogP contribution in [0.3, 0.4) is 0 Å². The van der Waals surface area contributed by atoms with E-state index in [2.05, 4.69) is 40.1 Å². The van der Waals surface area contributed by atoms with Crippen LogP contribution in [0, 0.1) is 6.92 Å². The number of imidazole rings is 1. The summed E-state index contributed by atoms with van der Waals surface area (Å²) in [4.78, 5) is 67.9. The molecule has 2 aliphatic heterocycles. The number of aliphatic hydroxyl groups excluding tert-OH is 1. The molecule has 8 N–H and O–H groups in total. The first-order chi connectivity index (χ1) is 25.8. The number of nitrogens with one attached hydrogen (secondary N) is 1. The second-order valence-electron chi connectivity index (χ2n) is 12.4. The third-order valence-electron chi connectivity index (χ3n) is 8.23. The number of nitrogen functional groups attached to an aromatic ring is 2. The summed E-state index contributed by atoms with van der Waals surface area (Å²) in [6.45, 7) is 3.98. The van der Waals surface area contributed by atoms with Crippen LogP contribution in [0.15, 0.2) is 60.3 Å². The van der Waals surface area contributed by atoms with Crippen LogP contribution in [-0.4, -0.2) is 96.1 Å². The van der Waals surface area contributed by atoms with Gasteiger partial charge < -0.3 is 50.6 Å². The molecule has 1 aliphatic carbocycles. The number of rotatable bonds is 8. The Hall–Kier alpha value is -5.02. The number of aromatic nitrogens is 8. The van der Waals surface area contributed by atoms with Crippen LogP contribution in [0.4, 0.5) is 29.0 Å². The fraction of sp³-hybridized carbons (Fsp3) is 0.375. The molecule has 1 saturated carbocycles. The van der Waals surface area contributed by atoms with Gasteiger partial charge in [-0.05, 0) is 56.5 Å². The molecule has 7 heterocycles. The number of aliphatic hydroxyl groups is 1. The Morgan fingerprint density at radius 3 is 2.57 bits per heavy atom. The Morgan fingerprint density at radius 1 is 1.09 bits per heavy atom. The van der Waals surface area contributed by atoms with Crippen molar-refractivity contribution >= 4 is 65.4 Å². The van der Waals surface area contributed by atoms with Gasteiger partial charge in [0.05, 0.1) is 36.8 Å². The Balaban J connectivity index is 0.000000140. The number of aryl methyl sites for hydroxylation is 1. The highest BCUT2D eigenvalue weighted by molar-refractivity contribution is 8.00. The molecule has 286 valence electrons. The Kier molecular flexibility index (Phi) is 11.9. The van der Waals surface area contributed by atoms with Crippen molar-refractivity contribution in [3.63, 3.8) is 0 Å². The fourth-order valence-electron chi connectivity index (χ4n) is 5.52. The summed E-state index contributed by atoms with van der Waals surface area (Å²) in [5.74, 6) is 2.50. The SMILES string of the molecule is C[C@H](Cn1cnc2c(N)ncnc21)OCP(=O)(O)O.Cc1ccnc2c1NC(=O)c1cccnc1N2C1CC1.Nc1ccn([C@@H]2CS[C@H](CO)O2)c(=O)n1. The van der Waals surface area contributed by atoms with Crippen LogP contribution in [0.2, 0.25) is 0 Å². The number of nitrogens with zero attached hydrogens (tertiary/aromatic N) is 9. The van der Waals surface area contributed by atoms with Crippen LogP contribution < -0.4 is 27.4 Å². The van der Waals surface area contributed by atoms with Crippen LogP contribution >= 0.6 is 19.4 Å². The Bertz CT molecular complexity index is 2230. The molecule has 1 amide bonds. The first-order valence-electron chi connectivity index (χ1n) is 16.6. The van der Waals surface area contributed by atoms with E-state index in [9.17, 15) is 14.2 Å². The van der Waals surface area contributed by atoms with Gasteiger partial charge in [0.2, 0.25) is 0 Å². The van der Waals surface area contributed by atoms with Gasteiger partial charge in [0.15, 0.2) is 17.3 Å². The molecule has 0 bridgehead atoms. The molecule has 20 nitrogen and oxygen atoms in total. The lowest BCUT2D eigenvalue weighted by Gasteiger charge is -2.23. The average molecular weight is 783 g/mol. The van der Waals surface area contributed by atoms with Gasteiger partial charge in [-0.15, -0.1) is 11.8 Å². The third kappa shape index (κ3) is 9.19. The zero-order valence-electron chi connectivity index (χ0n) is 29.2. The number of carbonyl (C=O) groups is 1. The number of ether oxygens (including phenoxy) is 2. The fourth-order valence-corrected chi connectivity index (χ4v) is 6.90. The molecule has 5 aromatic heterocycles. The second kappa shape index (κ2) is 16.6. The van der Waals surface area contributed by atoms with Crippen molar-refractivity contribution in [3.8, 4) is 0 Å². The summed E-state index contributed by atoms with van der Waals surface area (Å²) in [6, 6.07) is 7.45. The lowest BCUT2D eigenvalue weighted by atomic mass is 10.2. The van der Waals surface area contributed by atoms with Gasteiger partial charge in [0.1, 0.15) is 41.5 Å². The van der Waals surface area contributed by atoms with Gasteiger partial charge in [-0.2, -0.15) is 4.98 Å². The van der Waals surface area contributed by atoms with Crippen molar-refractivity contribution in [1.82, 2.24) is 39.0 Å². The zero-order chi connectivity index (χ0) is 38.6. The van der Waals surface area contributed by atoms with E-state index in [0.29, 0.717) is 40.9 Å². The maximum absolute atomic E-state index is 12.4. The van der Waals surface area contributed by atoms with Gasteiger partial charge >= 0.3 is 13.3 Å². The molecule has 3 aliphatic rings. The molecule has 54 heavy (non-hydrogen) atoms. The minimum absolute atomic E-state index is 0.0572. The molecule has 3 atom stereocenters. The lowest BCUT2D eigenvalue weighted by molar-refractivity contribution is -0.00629. The molecule has 8 rings (SSSR count). The summed E-state index contributed by atoms with van der Waals surface area (Å²) in [5, 5.41) is 11.9. The average Bonchev–Trinajstić information content (AvgIpc) is 3.74. The molecule has 0 unspecified atom stereocenters. The number of hydrogen-bond acceptors (Lipinski definition) is 16. The number of thioether (sulfide) groups is 1. The summed E-state index contributed by atoms with van der Waals surface area (Å²) in [5.41, 5.74) is 13.8. The van der Waals surface area contributed by atoms with Crippen molar-refractivity contribution in [3.05, 3.63) is 77.1 Å². The van der Waals surface area contributed by atoms with E-state index in [4.69, 9.17) is 35.8 Å². The van der Waals surface area contributed by atoms with Gasteiger partial charge in [-0.25, -0.2) is 29.7 Å². The largest absolute Gasteiger partial charge is 0.393 e. The van der Waals surface area contributed by atoms with E-state index in [-0.39, 0.29) is 35.8 Å². The van der Waals surface area contributed by atoms with Crippen molar-refractivity contribution in [1.29, 1.82) is 0 Å². The minimum atomic E-state index is -4.16. The van der Waals surface area contributed by atoms with E-state index in [1.807, 2.05) is 19.1 Å². The molecule has 22 heteroatoms. The number of nitrogens with two attached hydrogens (primary N) is 2. The van der Waals surface area contributed by atoms with E-state index in [1.54, 1.807) is 42.2 Å². The zero-order valence-corrected chi connectivity index (χ0v) is 30.9. The van der Waals surface area contributed by atoms with Gasteiger partial charge in [-0.3, -0.25) is 13.9 Å². The highest BCUT2D eigenvalue weighted by Crippen LogP contribution is 2.43. The van der Waals surface area contributed by atoms with Crippen molar-refractivity contribution in [2.75, 3.05) is 40.4 Å². The summed E-state index contributed by atoms with van der Waals surface area (Å²) in [7, 11) is -4.16. The van der Waals surface area contributed by atoms with Crippen molar-refractivity contribution < 1.29 is 33.7 Å². The Morgan fingerprint density at radius 2 is 1.87 bits per heavy atom. The van der Waals surface area contributed by atoms with Crippen molar-refractivity contribution in [2.24, 2.45) is 0 Å². The third-order valence-corrected chi connectivity index (χ3v) is 9.83. The van der Waals surface area contributed by atoms with E-state index >= 15 is 0 Å². The second-order valence-corrected chi connectivity index (χ2v) is 15.2. The first kappa shape index (κ1) is 38.7. The van der Waals surface area contributed by atoms with Crippen LogP contribution in [-0.2, 0) is 20.6 Å². The van der Waals surface area contributed by atoms with Crippen LogP contribution in [0.1, 0.15) is 41.9 Å². The van der Waals surface area contributed by atoms with E-state index < -0.39 is 25.7 Å². The molecule has 5 aromatic rings. The maximum atomic E-state index is 12.4. The number of hydrogen-bond donors (Lipinski definition) is 6. The first-order valence-corrected chi connectivity index (χ1v) is 19.5. The highest BCUT2D eigenvalue weighted by Gasteiger charge is 2.38. The topological polar surface area (TPSA) is 285 Å². The summed E-state index contributed by atoms with van der Waals surface area (Å²) >= 11 is 1.47. The van der Waals surface area contributed by atoms with Gasteiger partial charge in [0, 0.05) is 30.4 Å². The predicted octanol–water partition coefficient (Wildman–Crippen LogP) is 2.01. The number of amides is 1. The van der Waals surface area contributed by atoms with Crippen LogP contribution in [0.5, 0.6) is 0 Å². The summed E-state index contributed by atoms with van der Waals surface area (Å²) < 4.78 is 24.3. The maximum Gasteiger partial charge on any atom is 0.351 e. The monoisotopic (exact) mass is 782 g/mol. The normalized spacial score (nSPS) is 18.3. The van der Waals surface area contributed by atoms with Crippen LogP contribution in [0.25, 0.3) is 11.2 Å². The molecule has 1 saturated heterocycles. The highest BCUT2D eigenvalue weighted by atomic mass is 32.2. The molecular weight excluding hydrogens is 743 g/mol. The number of carbonyl (C=O) groups excluding carboxylic acids is 1. The molecule has 2 fully saturated rings. The number of fused-ring (bicyclic) bond motifs is 3. The molecular formula is C32H39N12O8PS. The minimum Gasteiger partial charge on any atom is -0.393 e. The lowest BCUT2D eigenvalue weighted by Crippen LogP contribution is -2.28. The quantitative estimate of drug-likeness (QED) is 0.123. The molecule has 0 aromatic carbocycles. The van der Waals surface area contributed by atoms with Gasteiger partial charge in [-0.1, -0.05) is 0 Å². The van der Waals surface area contributed by atoms with E-state index in [1.165, 1.54) is 29.0 Å². The smallest absolute Gasteiger partial charge is 0.351 e. The van der Waals surface area contributed by atoms with E-state index in [0.717, 1.165) is 29.9 Å². The number of pyridine rings is 2. The van der Waals surface area contributed by atoms with Gasteiger partial charge in [0.25, 0.3) is 5.91 Å². The number of anilines is 5. The predicted molar refractivity (Wildman–Crippen MR) is 200 cm³/mol. The Labute approximate surface area is 312 Å². The molecule has 0 radical (unpaired) electrons. The molecule has 0 spiro atoms. The summed E-state index contributed by atoms with van der Waals surface area (Å²) in [6.07, 6.45) is 8.76. The van der Waals surface area contributed by atoms with Crippen molar-refractivity contribution in [2.45, 2.75) is 57.0 Å².